The van der Waals surface area contributed by atoms with Gasteiger partial charge in [0.1, 0.15) is 0 Å². The number of benzene rings is 2. The van der Waals surface area contributed by atoms with Crippen molar-refractivity contribution in [3.63, 3.8) is 0 Å². The number of hydrogen-bond acceptors (Lipinski definition) is 6. The topological polar surface area (TPSA) is 94.9 Å². The van der Waals surface area contributed by atoms with E-state index in [0.717, 1.165) is 69.8 Å². The number of hydrogen-bond donors (Lipinski definition) is 2. The average molecular weight is 667 g/mol. The summed E-state index contributed by atoms with van der Waals surface area (Å²) in [6.45, 7) is 6.49. The molecule has 1 aliphatic rings. The summed E-state index contributed by atoms with van der Waals surface area (Å²) in [6.07, 6.45) is 7.42. The van der Waals surface area contributed by atoms with Gasteiger partial charge < -0.3 is 38.8 Å². The van der Waals surface area contributed by atoms with Crippen LogP contribution in [0.4, 0.5) is 11.4 Å². The van der Waals surface area contributed by atoms with E-state index in [-0.39, 0.29) is 11.5 Å². The summed E-state index contributed by atoms with van der Waals surface area (Å²) in [5.74, 6) is -0.310. The lowest BCUT2D eigenvalue weighted by Gasteiger charge is -2.32. The van der Waals surface area contributed by atoms with Crippen molar-refractivity contribution in [2.45, 2.75) is 25.7 Å². The molecule has 1 aliphatic carbocycles. The molecule has 0 atom stereocenters. The molecule has 0 aliphatic heterocycles. The third-order valence-corrected chi connectivity index (χ3v) is 8.46. The number of aliphatic imine (C=N–C) groups is 2. The molecular weight excluding hydrogens is 600 g/mol. The Morgan fingerprint density at radius 3 is 1.12 bits per heavy atom. The zero-order chi connectivity index (χ0) is 35.9. The van der Waals surface area contributed by atoms with Gasteiger partial charge in [-0.05, 0) is 35.1 Å². The van der Waals surface area contributed by atoms with E-state index >= 15 is 0 Å². The molecule has 10 heteroatoms. The Balaban J connectivity index is 2.18. The van der Waals surface area contributed by atoms with Crippen LogP contribution in [-0.4, -0.2) is 166 Å². The van der Waals surface area contributed by atoms with Crippen LogP contribution in [0, 0.1) is 0 Å². The van der Waals surface area contributed by atoms with Gasteiger partial charge in [-0.1, -0.05) is 11.5 Å². The molecule has 0 fully saturated rings. The Morgan fingerprint density at radius 1 is 0.500 bits per heavy atom. The molecule has 0 unspecified atom stereocenters. The standard InChI is InChI=1S/C38H66N8O2/c1-43(2,3)25-13-21-39-29-17-18-30(40-22-14-26-44(4,5)6)34-33(29)37(47)35-31(41-23-15-27-45(7,8)9)19-20-32(36(35)38(34)48)42-24-16-28-46(10,11)12/h17-20H,13-16,21-28H2,1-12H3,(H2-2,39,40,41,42,47,48)/q+2. The van der Waals surface area contributed by atoms with Crippen LogP contribution in [0.25, 0.3) is 10.8 Å². The van der Waals surface area contributed by atoms with Gasteiger partial charge in [0, 0.05) is 74.4 Å². The van der Waals surface area contributed by atoms with Gasteiger partial charge in [0.2, 0.25) is 0 Å². The van der Waals surface area contributed by atoms with Crippen molar-refractivity contribution in [2.75, 3.05) is 148 Å². The van der Waals surface area contributed by atoms with Crippen LogP contribution in [0.15, 0.2) is 34.3 Å². The van der Waals surface area contributed by atoms with Crippen LogP contribution in [-0.2, 0) is 0 Å². The first kappa shape index (κ1) is 39.3. The van der Waals surface area contributed by atoms with E-state index in [9.17, 15) is 10.2 Å². The molecule has 0 bridgehead atoms. The Hall–Kier alpha value is -3.18. The minimum Gasteiger partial charge on any atom is -0.872 e. The normalized spacial score (nSPS) is 15.8. The first-order valence-electron chi connectivity index (χ1n) is 17.6. The zero-order valence-corrected chi connectivity index (χ0v) is 32.3. The Bertz CT molecular complexity index is 1370. The second-order valence-corrected chi connectivity index (χ2v) is 17.5. The largest absolute Gasteiger partial charge is 0.872 e. The van der Waals surface area contributed by atoms with Gasteiger partial charge in [-0.2, -0.15) is 0 Å². The summed E-state index contributed by atoms with van der Waals surface area (Å²) < 4.78 is 3.41. The van der Waals surface area contributed by atoms with E-state index in [1.54, 1.807) is 0 Å². The van der Waals surface area contributed by atoms with Crippen LogP contribution < -0.4 is 20.8 Å². The van der Waals surface area contributed by atoms with E-state index in [2.05, 4.69) is 95.2 Å². The second-order valence-electron chi connectivity index (χ2n) is 17.5. The number of allylic oxidation sites excluding steroid dienone is 2. The molecular formula is C38H66N8O2+2. The molecule has 0 radical (unpaired) electrons. The lowest BCUT2D eigenvalue weighted by atomic mass is 9.87. The maximum Gasteiger partial charge on any atom is 0.0798 e. The molecule has 0 amide bonds. The number of nitrogens with one attached hydrogen (secondary N) is 2. The Labute approximate surface area is 291 Å². The molecule has 2 aromatic carbocycles. The first-order valence-corrected chi connectivity index (χ1v) is 17.6. The highest BCUT2D eigenvalue weighted by Gasteiger charge is 2.23. The minimum absolute atomic E-state index is 0.155. The number of rotatable bonds is 18. The fraction of sp³-hybridized carbons (Fsp3) is 0.632. The fourth-order valence-corrected chi connectivity index (χ4v) is 5.96. The van der Waals surface area contributed by atoms with Crippen molar-refractivity contribution in [1.29, 1.82) is 0 Å². The van der Waals surface area contributed by atoms with E-state index in [1.807, 2.05) is 24.3 Å². The van der Waals surface area contributed by atoms with Crippen LogP contribution in [0.2, 0.25) is 0 Å². The van der Waals surface area contributed by atoms with Crippen molar-refractivity contribution in [3.8, 4) is 11.5 Å². The minimum atomic E-state index is -0.155. The van der Waals surface area contributed by atoms with Gasteiger partial charge in [0.25, 0.3) is 0 Å². The predicted molar refractivity (Wildman–Crippen MR) is 202 cm³/mol. The maximum absolute atomic E-state index is 14.8. The van der Waals surface area contributed by atoms with E-state index in [4.69, 9.17) is 9.98 Å². The molecule has 268 valence electrons. The number of nitrogens with zero attached hydrogens (tertiary/aromatic N) is 6. The van der Waals surface area contributed by atoms with Crippen molar-refractivity contribution >= 4 is 33.6 Å². The molecule has 48 heavy (non-hydrogen) atoms. The van der Waals surface area contributed by atoms with Gasteiger partial charge in [0.05, 0.1) is 122 Å². The summed E-state index contributed by atoms with van der Waals surface area (Å²) in [6, 6.07) is 3.92. The number of quaternary nitrogens is 4. The highest BCUT2D eigenvalue weighted by Crippen LogP contribution is 2.46. The fourth-order valence-electron chi connectivity index (χ4n) is 5.96. The van der Waals surface area contributed by atoms with Crippen molar-refractivity contribution < 1.29 is 28.1 Å². The monoisotopic (exact) mass is 667 g/mol. The van der Waals surface area contributed by atoms with Gasteiger partial charge in [-0.25, -0.2) is 0 Å². The predicted octanol–water partition coefficient (Wildman–Crippen LogP) is 3.34. The summed E-state index contributed by atoms with van der Waals surface area (Å²) >= 11 is 0. The van der Waals surface area contributed by atoms with Gasteiger partial charge in [-0.15, -0.1) is 0 Å². The summed E-state index contributed by atoms with van der Waals surface area (Å²) in [5.41, 5.74) is 3.35. The molecule has 3 rings (SSSR count). The summed E-state index contributed by atoms with van der Waals surface area (Å²) in [7, 11) is 26.1. The van der Waals surface area contributed by atoms with Gasteiger partial charge in [-0.3, -0.25) is 9.98 Å². The molecule has 2 aromatic rings. The average Bonchev–Trinajstić information content (AvgIpc) is 2.94. The van der Waals surface area contributed by atoms with Crippen LogP contribution in [0.3, 0.4) is 0 Å². The second kappa shape index (κ2) is 16.0. The highest BCUT2D eigenvalue weighted by atomic mass is 16.3. The van der Waals surface area contributed by atoms with Gasteiger partial charge in [0.15, 0.2) is 0 Å². The molecule has 0 saturated carbocycles. The van der Waals surface area contributed by atoms with E-state index in [1.165, 1.54) is 0 Å². The summed E-state index contributed by atoms with van der Waals surface area (Å²) in [4.78, 5) is 9.84. The van der Waals surface area contributed by atoms with Crippen LogP contribution in [0.1, 0.15) is 36.8 Å². The SMILES string of the molecule is C[N+](C)(C)CCCN=C1C=CC(=NCCC[N+](C)(C)C)c2c1c([O-])c1c(NCCC[N+](C)(C)C)ccc(NCCC[N+](C)(C)C)c1c2[O-]. The Kier molecular flexibility index (Phi) is 13.1. The van der Waals surface area contributed by atoms with Crippen molar-refractivity contribution in [1.82, 2.24) is 0 Å². The van der Waals surface area contributed by atoms with E-state index in [0.29, 0.717) is 70.9 Å². The van der Waals surface area contributed by atoms with E-state index < -0.39 is 0 Å². The molecule has 2 N–H and O–H groups in total. The lowest BCUT2D eigenvalue weighted by molar-refractivity contribution is -0.870. The third kappa shape index (κ3) is 12.1. The zero-order valence-electron chi connectivity index (χ0n) is 32.3. The highest BCUT2D eigenvalue weighted by molar-refractivity contribution is 6.31. The molecule has 0 aromatic heterocycles. The number of fused-ring (bicyclic) bond motifs is 2. The smallest absolute Gasteiger partial charge is 0.0798 e. The van der Waals surface area contributed by atoms with Crippen molar-refractivity contribution in [3.05, 3.63) is 35.4 Å². The molecule has 10 nitrogen and oxygen atoms in total. The third-order valence-electron chi connectivity index (χ3n) is 8.46. The first-order chi connectivity index (χ1) is 22.2. The summed E-state index contributed by atoms with van der Waals surface area (Å²) in [5, 5.41) is 37.5. The Morgan fingerprint density at radius 2 is 0.812 bits per heavy atom. The molecule has 0 heterocycles. The van der Waals surface area contributed by atoms with Crippen molar-refractivity contribution in [2.24, 2.45) is 9.98 Å². The van der Waals surface area contributed by atoms with Gasteiger partial charge >= 0.3 is 0 Å². The lowest BCUT2D eigenvalue weighted by Crippen LogP contribution is -2.36. The molecule has 0 saturated heterocycles. The quantitative estimate of drug-likeness (QED) is 0.189. The van der Waals surface area contributed by atoms with Crippen LogP contribution in [0.5, 0.6) is 11.5 Å². The number of anilines is 2. The van der Waals surface area contributed by atoms with Crippen LogP contribution >= 0.6 is 0 Å². The molecule has 0 spiro atoms. The maximum atomic E-state index is 14.8.